The van der Waals surface area contributed by atoms with Gasteiger partial charge in [-0.3, -0.25) is 10.1 Å². The number of halogens is 1. The van der Waals surface area contributed by atoms with E-state index in [0.29, 0.717) is 17.4 Å². The number of aromatic nitrogens is 1. The number of rotatable bonds is 3. The molecule has 1 aliphatic heterocycles. The van der Waals surface area contributed by atoms with Gasteiger partial charge in [0.1, 0.15) is 5.70 Å². The number of hydrogen-bond donors (Lipinski definition) is 2. The maximum atomic E-state index is 11.9. The number of nitrogens with one attached hydrogen (secondary N) is 2. The number of para-hydroxylation sites is 1. The van der Waals surface area contributed by atoms with Crippen molar-refractivity contribution in [1.82, 2.24) is 15.2 Å². The number of hydrogen-bond acceptors (Lipinski definition) is 2. The summed E-state index contributed by atoms with van der Waals surface area (Å²) in [5.41, 5.74) is 3.52. The molecule has 0 aliphatic carbocycles. The van der Waals surface area contributed by atoms with E-state index in [-0.39, 0.29) is 5.91 Å². The highest BCUT2D eigenvalue weighted by molar-refractivity contribution is 7.80. The molecule has 1 amide bonds. The molecule has 3 aromatic rings. The lowest BCUT2D eigenvalue weighted by molar-refractivity contribution is -0.115. The van der Waals surface area contributed by atoms with Crippen molar-refractivity contribution in [3.05, 3.63) is 76.6 Å². The fourth-order valence-corrected chi connectivity index (χ4v) is 3.37. The van der Waals surface area contributed by atoms with E-state index in [0.717, 1.165) is 27.1 Å². The number of carbonyl (C=O) groups excluding carboxylic acids is 1. The van der Waals surface area contributed by atoms with Gasteiger partial charge < -0.3 is 9.88 Å². The SMILES string of the molecule is O=C1NC(=S)NC1=Cc1cn(Cc2ccccc2Cl)c2ccccc12. The molecule has 0 radical (unpaired) electrons. The quantitative estimate of drug-likeness (QED) is 0.548. The fraction of sp³-hybridized carbons (Fsp3) is 0.0526. The fourth-order valence-electron chi connectivity index (χ4n) is 2.97. The van der Waals surface area contributed by atoms with Crippen LogP contribution < -0.4 is 10.6 Å². The topological polar surface area (TPSA) is 46.1 Å². The summed E-state index contributed by atoms with van der Waals surface area (Å²) in [4.78, 5) is 11.9. The van der Waals surface area contributed by atoms with Gasteiger partial charge in [0.05, 0.1) is 0 Å². The molecule has 6 heteroatoms. The highest BCUT2D eigenvalue weighted by Crippen LogP contribution is 2.26. The highest BCUT2D eigenvalue weighted by Gasteiger charge is 2.20. The van der Waals surface area contributed by atoms with Gasteiger partial charge in [0, 0.05) is 34.2 Å². The number of thiocarbonyl (C=S) groups is 1. The maximum Gasteiger partial charge on any atom is 0.273 e. The first-order valence-electron chi connectivity index (χ1n) is 7.77. The molecule has 124 valence electrons. The third-order valence-corrected chi connectivity index (χ3v) is 4.71. The summed E-state index contributed by atoms with van der Waals surface area (Å²) in [6.45, 7) is 0.654. The highest BCUT2D eigenvalue weighted by atomic mass is 35.5. The lowest BCUT2D eigenvalue weighted by Crippen LogP contribution is -2.21. The summed E-state index contributed by atoms with van der Waals surface area (Å²) < 4.78 is 2.13. The van der Waals surface area contributed by atoms with Gasteiger partial charge in [0.15, 0.2) is 5.11 Å². The number of amides is 1. The largest absolute Gasteiger partial charge is 0.342 e. The second-order valence-electron chi connectivity index (χ2n) is 5.79. The first-order chi connectivity index (χ1) is 12.1. The molecule has 2 aromatic carbocycles. The minimum atomic E-state index is -0.215. The van der Waals surface area contributed by atoms with Crippen molar-refractivity contribution in [2.75, 3.05) is 0 Å². The minimum absolute atomic E-state index is 0.215. The van der Waals surface area contributed by atoms with Gasteiger partial charge in [-0.15, -0.1) is 0 Å². The smallest absolute Gasteiger partial charge is 0.273 e. The van der Waals surface area contributed by atoms with Crippen LogP contribution in [0.1, 0.15) is 11.1 Å². The zero-order chi connectivity index (χ0) is 17.4. The predicted molar refractivity (Wildman–Crippen MR) is 104 cm³/mol. The Hall–Kier alpha value is -2.63. The molecule has 1 aliphatic rings. The number of benzene rings is 2. The second-order valence-corrected chi connectivity index (χ2v) is 6.60. The summed E-state index contributed by atoms with van der Waals surface area (Å²) in [6.07, 6.45) is 3.84. The van der Waals surface area contributed by atoms with Crippen molar-refractivity contribution in [3.63, 3.8) is 0 Å². The maximum absolute atomic E-state index is 11.9. The van der Waals surface area contributed by atoms with Crippen LogP contribution in [0.5, 0.6) is 0 Å². The Balaban J connectivity index is 1.79. The molecule has 0 spiro atoms. The van der Waals surface area contributed by atoms with Gasteiger partial charge in [-0.25, -0.2) is 0 Å². The summed E-state index contributed by atoms with van der Waals surface area (Å²) in [6, 6.07) is 15.9. The molecule has 1 saturated heterocycles. The molecule has 0 unspecified atom stereocenters. The van der Waals surface area contributed by atoms with Crippen LogP contribution in [0.3, 0.4) is 0 Å². The van der Waals surface area contributed by atoms with Crippen molar-refractivity contribution in [2.45, 2.75) is 6.54 Å². The number of nitrogens with zero attached hydrogens (tertiary/aromatic N) is 1. The lowest BCUT2D eigenvalue weighted by Gasteiger charge is -2.07. The van der Waals surface area contributed by atoms with Crippen LogP contribution in [0.15, 0.2) is 60.4 Å². The van der Waals surface area contributed by atoms with Crippen molar-refractivity contribution >= 4 is 51.8 Å². The number of carbonyl (C=O) groups is 1. The molecular formula is C19H14ClN3OS. The molecule has 4 rings (SSSR count). The normalized spacial score (nSPS) is 15.6. The Morgan fingerprint density at radius 2 is 1.84 bits per heavy atom. The zero-order valence-corrected chi connectivity index (χ0v) is 14.7. The van der Waals surface area contributed by atoms with Gasteiger partial charge in [0.25, 0.3) is 5.91 Å². The Kier molecular flexibility index (Phi) is 4.03. The van der Waals surface area contributed by atoms with Crippen LogP contribution in [0.25, 0.3) is 17.0 Å². The van der Waals surface area contributed by atoms with Crippen LogP contribution in [0, 0.1) is 0 Å². The minimum Gasteiger partial charge on any atom is -0.342 e. The van der Waals surface area contributed by atoms with Gasteiger partial charge in [-0.1, -0.05) is 48.0 Å². The molecule has 0 atom stereocenters. The third kappa shape index (κ3) is 3.04. The van der Waals surface area contributed by atoms with Crippen molar-refractivity contribution < 1.29 is 4.79 Å². The molecule has 25 heavy (non-hydrogen) atoms. The van der Waals surface area contributed by atoms with Crippen molar-refractivity contribution in [3.8, 4) is 0 Å². The molecule has 0 bridgehead atoms. The Bertz CT molecular complexity index is 1040. The van der Waals surface area contributed by atoms with Crippen molar-refractivity contribution in [2.24, 2.45) is 0 Å². The molecule has 2 heterocycles. The van der Waals surface area contributed by atoms with Gasteiger partial charge in [0.2, 0.25) is 0 Å². The van der Waals surface area contributed by atoms with E-state index in [1.165, 1.54) is 0 Å². The van der Waals surface area contributed by atoms with E-state index < -0.39 is 0 Å². The summed E-state index contributed by atoms with van der Waals surface area (Å²) in [5, 5.41) is 7.60. The molecule has 0 saturated carbocycles. The van der Waals surface area contributed by atoms with Gasteiger partial charge >= 0.3 is 0 Å². The second kappa shape index (κ2) is 6.35. The first kappa shape index (κ1) is 15.9. The summed E-state index contributed by atoms with van der Waals surface area (Å²) >= 11 is 11.3. The van der Waals surface area contributed by atoms with Crippen LogP contribution in [0.4, 0.5) is 0 Å². The molecular weight excluding hydrogens is 354 g/mol. The third-order valence-electron chi connectivity index (χ3n) is 4.14. The summed E-state index contributed by atoms with van der Waals surface area (Å²) in [5.74, 6) is -0.215. The molecule has 1 aromatic heterocycles. The molecule has 4 nitrogen and oxygen atoms in total. The molecule has 2 N–H and O–H groups in total. The Morgan fingerprint density at radius 1 is 1.08 bits per heavy atom. The monoisotopic (exact) mass is 367 g/mol. The van der Waals surface area contributed by atoms with E-state index in [1.54, 1.807) is 0 Å². The van der Waals surface area contributed by atoms with E-state index in [4.69, 9.17) is 23.8 Å². The van der Waals surface area contributed by atoms with Crippen LogP contribution in [-0.4, -0.2) is 15.6 Å². The van der Waals surface area contributed by atoms with Crippen molar-refractivity contribution in [1.29, 1.82) is 0 Å². The van der Waals surface area contributed by atoms with Crippen LogP contribution in [-0.2, 0) is 11.3 Å². The zero-order valence-electron chi connectivity index (χ0n) is 13.1. The van der Waals surface area contributed by atoms with Gasteiger partial charge in [-0.2, -0.15) is 0 Å². The standard InChI is InChI=1S/C19H14ClN3OS/c20-15-7-3-1-5-12(15)10-23-11-13(14-6-2-4-8-17(14)23)9-16-18(24)22-19(25)21-16/h1-9,11H,10H2,(H2,21,22,24,25). The lowest BCUT2D eigenvalue weighted by atomic mass is 10.1. The average molecular weight is 368 g/mol. The van der Waals surface area contributed by atoms with Crippen LogP contribution in [0.2, 0.25) is 5.02 Å². The Morgan fingerprint density at radius 3 is 2.60 bits per heavy atom. The van der Waals surface area contributed by atoms with E-state index in [2.05, 4.69) is 21.3 Å². The predicted octanol–water partition coefficient (Wildman–Crippen LogP) is 3.69. The first-order valence-corrected chi connectivity index (χ1v) is 8.56. The van der Waals surface area contributed by atoms with Crippen LogP contribution >= 0.6 is 23.8 Å². The molecule has 1 fully saturated rings. The van der Waals surface area contributed by atoms with E-state index in [1.807, 2.05) is 54.7 Å². The Labute approximate surface area is 155 Å². The average Bonchev–Trinajstić information content (AvgIpc) is 3.10. The van der Waals surface area contributed by atoms with Gasteiger partial charge in [-0.05, 0) is 36.0 Å². The number of fused-ring (bicyclic) bond motifs is 1. The van der Waals surface area contributed by atoms with E-state index in [9.17, 15) is 4.79 Å². The van der Waals surface area contributed by atoms with E-state index >= 15 is 0 Å². The summed E-state index contributed by atoms with van der Waals surface area (Å²) in [7, 11) is 0.